The quantitative estimate of drug-likeness (QED) is 0.335. The molecule has 0 nitrogen and oxygen atoms in total. The van der Waals surface area contributed by atoms with Crippen molar-refractivity contribution in [2.45, 2.75) is 39.5 Å². The highest BCUT2D eigenvalue weighted by molar-refractivity contribution is 5.49. The topological polar surface area (TPSA) is 0 Å². The average Bonchev–Trinajstić information content (AvgIpc) is 2.74. The van der Waals surface area contributed by atoms with Crippen molar-refractivity contribution in [2.24, 2.45) is 0 Å². The average molecular weight is 398 g/mol. The van der Waals surface area contributed by atoms with Gasteiger partial charge in [0.1, 0.15) is 11.6 Å². The molecule has 0 atom stereocenters. The third-order valence-electron chi connectivity index (χ3n) is 4.80. The Hall–Kier alpha value is -3.36. The Kier molecular flexibility index (Phi) is 7.42. The van der Waals surface area contributed by atoms with Crippen LogP contribution in [0.15, 0.2) is 60.7 Å². The maximum absolute atomic E-state index is 14.4. The van der Waals surface area contributed by atoms with Gasteiger partial charge in [-0.15, -0.1) is 0 Å². The summed E-state index contributed by atoms with van der Waals surface area (Å²) in [5, 5.41) is 0. The standard InChI is InChI=1S/C28H24F2/c1-3-4-5-6-22-11-13-24(14-12-22)15-16-25-19-27(29)26(28(30)20-25)18-17-23-9-7-21(2)8-10-23/h7-14,19-20H,3-6H2,1-2H3. The third-order valence-corrected chi connectivity index (χ3v) is 4.80. The molecule has 30 heavy (non-hydrogen) atoms. The molecule has 0 fully saturated rings. The number of benzene rings is 3. The Morgan fingerprint density at radius 3 is 1.80 bits per heavy atom. The molecule has 0 amide bonds. The van der Waals surface area contributed by atoms with Gasteiger partial charge in [0.15, 0.2) is 0 Å². The fourth-order valence-electron chi connectivity index (χ4n) is 3.01. The minimum absolute atomic E-state index is 0.238. The van der Waals surface area contributed by atoms with Crippen molar-refractivity contribution in [3.8, 4) is 23.7 Å². The van der Waals surface area contributed by atoms with Gasteiger partial charge in [0.25, 0.3) is 0 Å². The molecule has 0 aliphatic carbocycles. The van der Waals surface area contributed by atoms with Gasteiger partial charge in [-0.2, -0.15) is 0 Å². The summed E-state index contributed by atoms with van der Waals surface area (Å²) in [7, 11) is 0. The van der Waals surface area contributed by atoms with Crippen molar-refractivity contribution in [1.82, 2.24) is 0 Å². The molecule has 3 aromatic carbocycles. The molecule has 0 saturated carbocycles. The molecular weight excluding hydrogens is 374 g/mol. The Morgan fingerprint density at radius 1 is 0.667 bits per heavy atom. The second-order valence-electron chi connectivity index (χ2n) is 7.33. The molecular formula is C28H24F2. The van der Waals surface area contributed by atoms with E-state index in [1.165, 1.54) is 37.0 Å². The predicted molar refractivity (Wildman–Crippen MR) is 119 cm³/mol. The van der Waals surface area contributed by atoms with E-state index in [0.717, 1.165) is 17.5 Å². The fourth-order valence-corrected chi connectivity index (χ4v) is 3.01. The monoisotopic (exact) mass is 398 g/mol. The number of aryl methyl sites for hydroxylation is 2. The number of hydrogen-bond donors (Lipinski definition) is 0. The van der Waals surface area contributed by atoms with Gasteiger partial charge in [0, 0.05) is 16.7 Å². The predicted octanol–water partition coefficient (Wildman–Crippen LogP) is 6.81. The van der Waals surface area contributed by atoms with E-state index in [-0.39, 0.29) is 11.1 Å². The van der Waals surface area contributed by atoms with Crippen LogP contribution in [0.4, 0.5) is 8.78 Å². The van der Waals surface area contributed by atoms with Crippen LogP contribution in [0.25, 0.3) is 0 Å². The first kappa shape index (κ1) is 21.4. The molecule has 0 aliphatic rings. The van der Waals surface area contributed by atoms with Crippen molar-refractivity contribution >= 4 is 0 Å². The van der Waals surface area contributed by atoms with Gasteiger partial charge in [0.05, 0.1) is 5.56 Å². The van der Waals surface area contributed by atoms with Crippen molar-refractivity contribution < 1.29 is 8.78 Å². The van der Waals surface area contributed by atoms with E-state index in [1.807, 2.05) is 43.3 Å². The lowest BCUT2D eigenvalue weighted by Crippen LogP contribution is -1.92. The summed E-state index contributed by atoms with van der Waals surface area (Å²) in [6, 6.07) is 17.9. The van der Waals surface area contributed by atoms with Crippen molar-refractivity contribution in [3.63, 3.8) is 0 Å². The third kappa shape index (κ3) is 6.07. The van der Waals surface area contributed by atoms with Gasteiger partial charge in [-0.1, -0.05) is 73.3 Å². The molecule has 0 bridgehead atoms. The Labute approximate surface area is 178 Å². The molecule has 0 aliphatic heterocycles. The Bertz CT molecular complexity index is 1090. The summed E-state index contributed by atoms with van der Waals surface area (Å²) in [5.74, 6) is 9.81. The summed E-state index contributed by atoms with van der Waals surface area (Å²) in [6.07, 6.45) is 4.67. The second kappa shape index (κ2) is 10.4. The van der Waals surface area contributed by atoms with E-state index in [1.54, 1.807) is 0 Å². The molecule has 0 unspecified atom stereocenters. The van der Waals surface area contributed by atoms with Crippen LogP contribution < -0.4 is 0 Å². The van der Waals surface area contributed by atoms with Crippen LogP contribution in [0, 0.1) is 42.2 Å². The van der Waals surface area contributed by atoms with Gasteiger partial charge in [0.2, 0.25) is 0 Å². The van der Waals surface area contributed by atoms with Gasteiger partial charge in [-0.05, 0) is 61.7 Å². The summed E-state index contributed by atoms with van der Waals surface area (Å²) in [6.45, 7) is 4.16. The zero-order chi connectivity index (χ0) is 21.3. The van der Waals surface area contributed by atoms with Gasteiger partial charge < -0.3 is 0 Å². The highest BCUT2D eigenvalue weighted by atomic mass is 19.1. The molecule has 3 aromatic rings. The van der Waals surface area contributed by atoms with Crippen LogP contribution in [-0.4, -0.2) is 0 Å². The summed E-state index contributed by atoms with van der Waals surface area (Å²) < 4.78 is 28.8. The largest absolute Gasteiger partial charge is 0.205 e. The van der Waals surface area contributed by atoms with Gasteiger partial charge in [-0.25, -0.2) is 8.78 Å². The van der Waals surface area contributed by atoms with E-state index in [0.29, 0.717) is 5.56 Å². The minimum Gasteiger partial charge on any atom is -0.205 e. The highest BCUT2D eigenvalue weighted by Gasteiger charge is 2.08. The number of rotatable bonds is 4. The van der Waals surface area contributed by atoms with Crippen molar-refractivity contribution in [3.05, 3.63) is 106 Å². The van der Waals surface area contributed by atoms with E-state index in [2.05, 4.69) is 42.7 Å². The molecule has 3 rings (SSSR count). The van der Waals surface area contributed by atoms with Gasteiger partial charge >= 0.3 is 0 Å². The van der Waals surface area contributed by atoms with Crippen LogP contribution >= 0.6 is 0 Å². The maximum atomic E-state index is 14.4. The molecule has 0 radical (unpaired) electrons. The zero-order valence-electron chi connectivity index (χ0n) is 17.4. The molecule has 0 spiro atoms. The van der Waals surface area contributed by atoms with Crippen LogP contribution in [0.2, 0.25) is 0 Å². The smallest absolute Gasteiger partial charge is 0.143 e. The van der Waals surface area contributed by atoms with Crippen LogP contribution in [0.1, 0.15) is 59.6 Å². The lowest BCUT2D eigenvalue weighted by atomic mass is 10.1. The van der Waals surface area contributed by atoms with Crippen LogP contribution in [-0.2, 0) is 6.42 Å². The first-order valence-corrected chi connectivity index (χ1v) is 10.2. The summed E-state index contributed by atoms with van der Waals surface area (Å²) >= 11 is 0. The molecule has 0 N–H and O–H groups in total. The SMILES string of the molecule is CCCCCc1ccc(C#Cc2cc(F)c(C#Cc3ccc(C)cc3)c(F)c2)cc1. The molecule has 0 aromatic heterocycles. The number of unbranched alkanes of at least 4 members (excludes halogenated alkanes) is 2. The van der Waals surface area contributed by atoms with Crippen LogP contribution in [0.3, 0.4) is 0 Å². The van der Waals surface area contributed by atoms with E-state index >= 15 is 0 Å². The van der Waals surface area contributed by atoms with E-state index in [9.17, 15) is 8.78 Å². The fraction of sp³-hybridized carbons (Fsp3) is 0.214. The maximum Gasteiger partial charge on any atom is 0.143 e. The number of halogens is 2. The van der Waals surface area contributed by atoms with Crippen LogP contribution in [0.5, 0.6) is 0 Å². The Balaban J connectivity index is 1.74. The summed E-state index contributed by atoms with van der Waals surface area (Å²) in [5.41, 5.74) is 3.96. The second-order valence-corrected chi connectivity index (χ2v) is 7.33. The normalized spacial score (nSPS) is 10.0. The number of hydrogen-bond acceptors (Lipinski definition) is 0. The molecule has 2 heteroatoms. The molecule has 0 saturated heterocycles. The molecule has 150 valence electrons. The Morgan fingerprint density at radius 2 is 1.20 bits per heavy atom. The lowest BCUT2D eigenvalue weighted by Gasteiger charge is -2.01. The van der Waals surface area contributed by atoms with E-state index in [4.69, 9.17) is 0 Å². The highest BCUT2D eigenvalue weighted by Crippen LogP contribution is 2.15. The van der Waals surface area contributed by atoms with Gasteiger partial charge in [-0.3, -0.25) is 0 Å². The molecule has 0 heterocycles. The van der Waals surface area contributed by atoms with Crippen molar-refractivity contribution in [2.75, 3.05) is 0 Å². The van der Waals surface area contributed by atoms with Crippen molar-refractivity contribution in [1.29, 1.82) is 0 Å². The first-order valence-electron chi connectivity index (χ1n) is 10.2. The lowest BCUT2D eigenvalue weighted by molar-refractivity contribution is 0.577. The first-order chi connectivity index (χ1) is 14.5. The summed E-state index contributed by atoms with van der Waals surface area (Å²) in [4.78, 5) is 0. The van der Waals surface area contributed by atoms with E-state index < -0.39 is 11.6 Å². The minimum atomic E-state index is -0.704. The zero-order valence-corrected chi connectivity index (χ0v) is 17.4.